The normalized spacial score (nSPS) is 14.3. The minimum absolute atomic E-state index is 0.280. The van der Waals surface area contributed by atoms with Crippen molar-refractivity contribution in [2.45, 2.75) is 0 Å². The van der Waals surface area contributed by atoms with E-state index in [1.807, 2.05) is 24.1 Å². The van der Waals surface area contributed by atoms with Gasteiger partial charge in [0, 0.05) is 36.1 Å². The standard InChI is InChI=1S/C23H19ClN4O4S/c1-28(22-25-11-10-20(27-22)32-18-8-4-16(24)5-9-18)12-13-31-17-6-2-15(3-7-17)14-19-21(29)33-23(30)26-19/h2-11,14H,12-13H2,1H3,(H,26,30). The third-order valence-electron chi connectivity index (χ3n) is 4.52. The minimum atomic E-state index is -0.360. The van der Waals surface area contributed by atoms with Crippen LogP contribution < -0.4 is 19.7 Å². The van der Waals surface area contributed by atoms with Crippen molar-refractivity contribution in [2.75, 3.05) is 25.1 Å². The molecule has 3 aromatic rings. The molecule has 4 rings (SSSR count). The highest BCUT2D eigenvalue weighted by Gasteiger charge is 2.25. The van der Waals surface area contributed by atoms with Crippen molar-refractivity contribution in [1.82, 2.24) is 15.3 Å². The number of aromatic nitrogens is 2. The number of thioether (sulfide) groups is 1. The van der Waals surface area contributed by atoms with Crippen LogP contribution in [0.1, 0.15) is 5.56 Å². The van der Waals surface area contributed by atoms with Crippen molar-refractivity contribution in [3.63, 3.8) is 0 Å². The zero-order valence-corrected chi connectivity index (χ0v) is 19.1. The molecule has 0 aliphatic carbocycles. The predicted octanol–water partition coefficient (Wildman–Crippen LogP) is 4.76. The number of hydrogen-bond acceptors (Lipinski definition) is 8. The van der Waals surface area contributed by atoms with Crippen LogP contribution in [0.3, 0.4) is 0 Å². The topological polar surface area (TPSA) is 93.7 Å². The summed E-state index contributed by atoms with van der Waals surface area (Å²) < 4.78 is 11.5. The molecule has 2 heterocycles. The van der Waals surface area contributed by atoms with E-state index in [1.165, 1.54) is 0 Å². The average molecular weight is 483 g/mol. The molecule has 1 N–H and O–H groups in total. The van der Waals surface area contributed by atoms with Crippen molar-refractivity contribution in [1.29, 1.82) is 0 Å². The van der Waals surface area contributed by atoms with Crippen molar-refractivity contribution in [3.05, 3.63) is 77.1 Å². The summed E-state index contributed by atoms with van der Waals surface area (Å²) in [7, 11) is 1.87. The highest BCUT2D eigenvalue weighted by atomic mass is 35.5. The Morgan fingerprint density at radius 2 is 1.79 bits per heavy atom. The van der Waals surface area contributed by atoms with Crippen LogP contribution in [0.4, 0.5) is 10.7 Å². The van der Waals surface area contributed by atoms with Crippen LogP contribution in [0, 0.1) is 0 Å². The molecule has 0 bridgehead atoms. The first-order chi connectivity index (χ1) is 16.0. The number of ether oxygens (including phenoxy) is 2. The Kier molecular flexibility index (Phi) is 7.11. The van der Waals surface area contributed by atoms with E-state index >= 15 is 0 Å². The predicted molar refractivity (Wildman–Crippen MR) is 128 cm³/mol. The Balaban J connectivity index is 1.29. The molecule has 1 aliphatic heterocycles. The SMILES string of the molecule is CN(CCOc1ccc(C=C2NC(=O)SC2=O)cc1)c1nccc(Oc2ccc(Cl)cc2)n1. The summed E-state index contributed by atoms with van der Waals surface area (Å²) in [6, 6.07) is 15.9. The van der Waals surface area contributed by atoms with E-state index < -0.39 is 0 Å². The Hall–Kier alpha value is -3.56. The molecule has 0 saturated carbocycles. The number of likely N-dealkylation sites (N-methyl/N-ethyl adjacent to an activating group) is 1. The molecular formula is C23H19ClN4O4S. The lowest BCUT2D eigenvalue weighted by atomic mass is 10.2. The van der Waals surface area contributed by atoms with Gasteiger partial charge in [-0.3, -0.25) is 9.59 Å². The maximum atomic E-state index is 11.7. The fourth-order valence-corrected chi connectivity index (χ4v) is 3.52. The molecule has 168 valence electrons. The molecule has 1 saturated heterocycles. The summed E-state index contributed by atoms with van der Waals surface area (Å²) in [5.41, 5.74) is 1.07. The van der Waals surface area contributed by atoms with Gasteiger partial charge in [-0.15, -0.1) is 0 Å². The van der Waals surface area contributed by atoms with Crippen molar-refractivity contribution in [2.24, 2.45) is 0 Å². The van der Waals surface area contributed by atoms with Crippen LogP contribution in [0.15, 0.2) is 66.5 Å². The van der Waals surface area contributed by atoms with Crippen LogP contribution in [0.25, 0.3) is 6.08 Å². The van der Waals surface area contributed by atoms with Gasteiger partial charge >= 0.3 is 0 Å². The average Bonchev–Trinajstić information content (AvgIpc) is 3.13. The second kappa shape index (κ2) is 10.4. The second-order valence-electron chi connectivity index (χ2n) is 6.95. The molecule has 2 aromatic carbocycles. The van der Waals surface area contributed by atoms with Gasteiger partial charge in [0.1, 0.15) is 18.1 Å². The van der Waals surface area contributed by atoms with E-state index in [-0.39, 0.29) is 16.1 Å². The molecule has 1 aliphatic rings. The largest absolute Gasteiger partial charge is 0.492 e. The van der Waals surface area contributed by atoms with Crippen LogP contribution in [0.5, 0.6) is 17.4 Å². The third-order valence-corrected chi connectivity index (χ3v) is 5.47. The van der Waals surface area contributed by atoms with E-state index in [4.69, 9.17) is 21.1 Å². The molecule has 1 fully saturated rings. The third kappa shape index (κ3) is 6.24. The molecule has 0 radical (unpaired) electrons. The van der Waals surface area contributed by atoms with E-state index in [1.54, 1.807) is 54.7 Å². The van der Waals surface area contributed by atoms with E-state index in [9.17, 15) is 9.59 Å². The number of nitrogens with one attached hydrogen (secondary N) is 1. The molecule has 1 amide bonds. The zero-order chi connectivity index (χ0) is 23.2. The van der Waals surface area contributed by atoms with E-state index in [2.05, 4.69) is 15.3 Å². The number of rotatable bonds is 8. The van der Waals surface area contributed by atoms with Crippen molar-refractivity contribution in [3.8, 4) is 17.4 Å². The Bertz CT molecular complexity index is 1190. The molecule has 0 atom stereocenters. The lowest BCUT2D eigenvalue weighted by Crippen LogP contribution is -2.25. The van der Waals surface area contributed by atoms with Gasteiger partial charge in [-0.2, -0.15) is 4.98 Å². The summed E-state index contributed by atoms with van der Waals surface area (Å²) in [6.07, 6.45) is 3.27. The van der Waals surface area contributed by atoms with Gasteiger partial charge in [-0.25, -0.2) is 4.98 Å². The van der Waals surface area contributed by atoms with Gasteiger partial charge in [0.15, 0.2) is 0 Å². The molecular weight excluding hydrogens is 464 g/mol. The quantitative estimate of drug-likeness (QED) is 0.459. The van der Waals surface area contributed by atoms with Crippen molar-refractivity contribution < 1.29 is 19.1 Å². The molecule has 0 unspecified atom stereocenters. The number of amides is 1. The van der Waals surface area contributed by atoms with Crippen LogP contribution in [0.2, 0.25) is 5.02 Å². The Labute approximate surface area is 199 Å². The number of carbonyl (C=O) groups is 2. The number of halogens is 1. The highest BCUT2D eigenvalue weighted by molar-refractivity contribution is 8.27. The fraction of sp³-hybridized carbons (Fsp3) is 0.130. The lowest BCUT2D eigenvalue weighted by Gasteiger charge is -2.17. The van der Waals surface area contributed by atoms with Crippen LogP contribution in [-0.4, -0.2) is 40.5 Å². The van der Waals surface area contributed by atoms with Gasteiger partial charge in [0.2, 0.25) is 16.9 Å². The maximum absolute atomic E-state index is 11.7. The first-order valence-corrected chi connectivity index (χ1v) is 11.1. The summed E-state index contributed by atoms with van der Waals surface area (Å²) in [6.45, 7) is 0.960. The first kappa shape index (κ1) is 22.6. The number of nitrogens with zero attached hydrogens (tertiary/aromatic N) is 3. The lowest BCUT2D eigenvalue weighted by molar-refractivity contribution is -0.107. The zero-order valence-electron chi connectivity index (χ0n) is 17.5. The fourth-order valence-electron chi connectivity index (χ4n) is 2.84. The molecule has 10 heteroatoms. The molecule has 8 nitrogen and oxygen atoms in total. The van der Waals surface area contributed by atoms with Gasteiger partial charge in [0.05, 0.1) is 12.2 Å². The number of carbonyl (C=O) groups excluding carboxylic acids is 2. The van der Waals surface area contributed by atoms with Crippen LogP contribution >= 0.6 is 23.4 Å². The first-order valence-electron chi connectivity index (χ1n) is 9.91. The number of hydrogen-bond donors (Lipinski definition) is 1. The minimum Gasteiger partial charge on any atom is -0.492 e. The van der Waals surface area contributed by atoms with Gasteiger partial charge in [-0.1, -0.05) is 23.7 Å². The van der Waals surface area contributed by atoms with E-state index in [0.29, 0.717) is 53.3 Å². The molecule has 1 aromatic heterocycles. The summed E-state index contributed by atoms with van der Waals surface area (Å²) in [5.74, 6) is 2.25. The number of anilines is 1. The van der Waals surface area contributed by atoms with Gasteiger partial charge in [-0.05, 0) is 48.0 Å². The van der Waals surface area contributed by atoms with E-state index in [0.717, 1.165) is 5.56 Å². The number of benzene rings is 2. The smallest absolute Gasteiger partial charge is 0.291 e. The Morgan fingerprint density at radius 1 is 1.06 bits per heavy atom. The van der Waals surface area contributed by atoms with Gasteiger partial charge < -0.3 is 19.7 Å². The molecule has 0 spiro atoms. The monoisotopic (exact) mass is 482 g/mol. The maximum Gasteiger partial charge on any atom is 0.291 e. The van der Waals surface area contributed by atoms with Gasteiger partial charge in [0.25, 0.3) is 5.24 Å². The molecule has 33 heavy (non-hydrogen) atoms. The Morgan fingerprint density at radius 3 is 2.48 bits per heavy atom. The second-order valence-corrected chi connectivity index (χ2v) is 8.33. The van der Waals surface area contributed by atoms with Crippen LogP contribution in [-0.2, 0) is 4.79 Å². The summed E-state index contributed by atoms with van der Waals surface area (Å²) in [4.78, 5) is 33.5. The van der Waals surface area contributed by atoms with Crippen molar-refractivity contribution >= 4 is 45.7 Å². The highest BCUT2D eigenvalue weighted by Crippen LogP contribution is 2.23. The summed E-state index contributed by atoms with van der Waals surface area (Å²) in [5, 5.41) is 2.51. The summed E-state index contributed by atoms with van der Waals surface area (Å²) >= 11 is 6.55.